The number of hydrogen-bond donors (Lipinski definition) is 2. The van der Waals surface area contributed by atoms with Gasteiger partial charge < -0.3 is 10.2 Å². The molecule has 0 aromatic heterocycles. The highest BCUT2D eigenvalue weighted by molar-refractivity contribution is 6.11. The molecule has 0 aliphatic rings. The van der Waals surface area contributed by atoms with Gasteiger partial charge in [-0.05, 0) is 59.1 Å². The average molecular weight is 354 g/mol. The van der Waals surface area contributed by atoms with Crippen LogP contribution in [0.15, 0.2) is 24.3 Å². The lowest BCUT2D eigenvalue weighted by Crippen LogP contribution is -2.13. The van der Waals surface area contributed by atoms with Gasteiger partial charge in [0, 0.05) is 11.1 Å². The van der Waals surface area contributed by atoms with Crippen molar-refractivity contribution >= 4 is 5.78 Å². The number of aliphatic hydroxyl groups excluding tert-OH is 2. The molecule has 0 aliphatic heterocycles. The molecule has 2 rings (SSSR count). The van der Waals surface area contributed by atoms with Crippen molar-refractivity contribution in [3.63, 3.8) is 0 Å². The van der Waals surface area contributed by atoms with E-state index in [9.17, 15) is 15.0 Å². The predicted molar refractivity (Wildman–Crippen MR) is 106 cm³/mol. The second-order valence-electron chi connectivity index (χ2n) is 7.57. The van der Waals surface area contributed by atoms with Crippen LogP contribution in [0.4, 0.5) is 0 Å². The Kier molecular flexibility index (Phi) is 6.38. The van der Waals surface area contributed by atoms with Crippen LogP contribution >= 0.6 is 0 Å². The number of carbonyl (C=O) groups is 1. The summed E-state index contributed by atoms with van der Waals surface area (Å²) in [5.41, 5.74) is 6.59. The summed E-state index contributed by atoms with van der Waals surface area (Å²) < 4.78 is 0. The zero-order valence-electron chi connectivity index (χ0n) is 16.7. The molecule has 0 aliphatic carbocycles. The van der Waals surface area contributed by atoms with Gasteiger partial charge >= 0.3 is 0 Å². The highest BCUT2D eigenvalue weighted by atomic mass is 16.3. The Morgan fingerprint density at radius 2 is 1.12 bits per heavy atom. The number of hydrogen-bond acceptors (Lipinski definition) is 3. The van der Waals surface area contributed by atoms with Crippen LogP contribution in [-0.4, -0.2) is 16.0 Å². The van der Waals surface area contributed by atoms with Crippen molar-refractivity contribution in [2.45, 2.75) is 66.6 Å². The fourth-order valence-electron chi connectivity index (χ4n) is 3.78. The maximum atomic E-state index is 13.3. The maximum absolute atomic E-state index is 13.3. The van der Waals surface area contributed by atoms with E-state index >= 15 is 0 Å². The number of carbonyl (C=O) groups excluding carboxylic acids is 1. The molecule has 0 unspecified atom stereocenters. The Labute approximate surface area is 156 Å². The molecule has 3 nitrogen and oxygen atoms in total. The summed E-state index contributed by atoms with van der Waals surface area (Å²) in [5.74, 6) is 0.505. The lowest BCUT2D eigenvalue weighted by atomic mass is 9.85. The number of aliphatic hydroxyl groups is 2. The molecule has 0 heterocycles. The predicted octanol–water partition coefficient (Wildman–Crippen LogP) is 4.77. The molecule has 0 atom stereocenters. The van der Waals surface area contributed by atoms with E-state index in [4.69, 9.17) is 0 Å². The van der Waals surface area contributed by atoms with E-state index in [2.05, 4.69) is 27.7 Å². The van der Waals surface area contributed by atoms with Gasteiger partial charge in [-0.3, -0.25) is 4.79 Å². The Bertz CT molecular complexity index is 749. The molecule has 2 N–H and O–H groups in total. The van der Waals surface area contributed by atoms with Gasteiger partial charge in [0.2, 0.25) is 0 Å². The van der Waals surface area contributed by atoms with Crippen molar-refractivity contribution in [3.05, 3.63) is 68.8 Å². The molecule has 0 radical (unpaired) electrons. The van der Waals surface area contributed by atoms with Crippen LogP contribution in [-0.2, 0) is 13.2 Å². The van der Waals surface area contributed by atoms with Gasteiger partial charge in [-0.15, -0.1) is 0 Å². The Morgan fingerprint density at radius 1 is 0.769 bits per heavy atom. The van der Waals surface area contributed by atoms with E-state index in [1.807, 2.05) is 38.1 Å². The van der Waals surface area contributed by atoms with Gasteiger partial charge in [0.05, 0.1) is 13.2 Å². The van der Waals surface area contributed by atoms with E-state index in [-0.39, 0.29) is 19.0 Å². The molecular formula is C23H30O3. The number of rotatable bonds is 6. The van der Waals surface area contributed by atoms with E-state index in [1.54, 1.807) is 0 Å². The van der Waals surface area contributed by atoms with Gasteiger partial charge in [0.25, 0.3) is 0 Å². The van der Waals surface area contributed by atoms with Crippen LogP contribution < -0.4 is 0 Å². The lowest BCUT2D eigenvalue weighted by molar-refractivity contribution is 0.103. The van der Waals surface area contributed by atoms with Crippen molar-refractivity contribution in [1.29, 1.82) is 0 Å². The van der Waals surface area contributed by atoms with Crippen molar-refractivity contribution in [3.8, 4) is 0 Å². The summed E-state index contributed by atoms with van der Waals surface area (Å²) in [5, 5.41) is 19.8. The van der Waals surface area contributed by atoms with E-state index in [0.29, 0.717) is 34.1 Å². The molecule has 3 heteroatoms. The zero-order chi connectivity index (χ0) is 19.6. The summed E-state index contributed by atoms with van der Waals surface area (Å²) in [6.45, 7) is 12.0. The van der Waals surface area contributed by atoms with Gasteiger partial charge in [-0.1, -0.05) is 52.0 Å². The third-order valence-electron chi connectivity index (χ3n) is 5.33. The quantitative estimate of drug-likeness (QED) is 0.735. The monoisotopic (exact) mass is 354 g/mol. The standard InChI is InChI=1S/C23H30O3/c1-13(2)17-7-9-19(21(11-24)15(17)5)23(26)20-10-8-18(14(3)4)16(6)22(20)12-25/h7-10,13-14,24-25H,11-12H2,1-6H3. The van der Waals surface area contributed by atoms with Crippen molar-refractivity contribution in [2.75, 3.05) is 0 Å². The third-order valence-corrected chi connectivity index (χ3v) is 5.33. The molecule has 0 bridgehead atoms. The summed E-state index contributed by atoms with van der Waals surface area (Å²) >= 11 is 0. The van der Waals surface area contributed by atoms with Crippen molar-refractivity contribution in [2.24, 2.45) is 0 Å². The summed E-state index contributed by atoms with van der Waals surface area (Å²) in [7, 11) is 0. The minimum Gasteiger partial charge on any atom is -0.392 e. The first-order valence-electron chi connectivity index (χ1n) is 9.25. The highest BCUT2D eigenvalue weighted by Crippen LogP contribution is 2.30. The Hall–Kier alpha value is -1.97. The van der Waals surface area contributed by atoms with E-state index in [0.717, 1.165) is 22.3 Å². The molecule has 0 spiro atoms. The third kappa shape index (κ3) is 3.60. The highest BCUT2D eigenvalue weighted by Gasteiger charge is 2.22. The van der Waals surface area contributed by atoms with Crippen LogP contribution in [0.3, 0.4) is 0 Å². The van der Waals surface area contributed by atoms with Gasteiger partial charge in [0.15, 0.2) is 5.78 Å². The summed E-state index contributed by atoms with van der Waals surface area (Å²) in [6, 6.07) is 7.56. The number of benzene rings is 2. The summed E-state index contributed by atoms with van der Waals surface area (Å²) in [6.07, 6.45) is 0. The molecule has 0 amide bonds. The molecular weight excluding hydrogens is 324 g/mol. The molecule has 140 valence electrons. The van der Waals surface area contributed by atoms with Crippen LogP contribution in [0.5, 0.6) is 0 Å². The minimum absolute atomic E-state index is 0.144. The van der Waals surface area contributed by atoms with Crippen LogP contribution in [0.1, 0.15) is 88.8 Å². The van der Waals surface area contributed by atoms with Crippen LogP contribution in [0.25, 0.3) is 0 Å². The van der Waals surface area contributed by atoms with E-state index in [1.165, 1.54) is 0 Å². The van der Waals surface area contributed by atoms with E-state index < -0.39 is 0 Å². The minimum atomic E-state index is -0.176. The second-order valence-corrected chi connectivity index (χ2v) is 7.57. The SMILES string of the molecule is Cc1c(C(C)C)ccc(C(=O)c2ccc(C(C)C)c(C)c2CO)c1CO. The van der Waals surface area contributed by atoms with Crippen molar-refractivity contribution < 1.29 is 15.0 Å². The normalized spacial score (nSPS) is 11.5. The lowest BCUT2D eigenvalue weighted by Gasteiger charge is -2.19. The smallest absolute Gasteiger partial charge is 0.193 e. The zero-order valence-corrected chi connectivity index (χ0v) is 16.7. The molecule has 0 saturated heterocycles. The van der Waals surface area contributed by atoms with Crippen molar-refractivity contribution in [1.82, 2.24) is 0 Å². The molecule has 26 heavy (non-hydrogen) atoms. The molecule has 0 fully saturated rings. The average Bonchev–Trinajstić information content (AvgIpc) is 2.59. The Balaban J connectivity index is 2.63. The Morgan fingerprint density at radius 3 is 1.38 bits per heavy atom. The fourth-order valence-corrected chi connectivity index (χ4v) is 3.78. The molecule has 2 aromatic rings. The largest absolute Gasteiger partial charge is 0.392 e. The first-order valence-corrected chi connectivity index (χ1v) is 9.25. The first-order chi connectivity index (χ1) is 12.2. The van der Waals surface area contributed by atoms with Gasteiger partial charge in [-0.25, -0.2) is 0 Å². The maximum Gasteiger partial charge on any atom is 0.193 e. The van der Waals surface area contributed by atoms with Gasteiger partial charge in [0.1, 0.15) is 0 Å². The second kappa shape index (κ2) is 8.15. The summed E-state index contributed by atoms with van der Waals surface area (Å²) in [4.78, 5) is 13.3. The van der Waals surface area contributed by atoms with Crippen LogP contribution in [0.2, 0.25) is 0 Å². The molecule has 0 saturated carbocycles. The topological polar surface area (TPSA) is 57.5 Å². The first kappa shape index (κ1) is 20.3. The van der Waals surface area contributed by atoms with Crippen LogP contribution in [0, 0.1) is 13.8 Å². The fraction of sp³-hybridized carbons (Fsp3) is 0.435. The van der Waals surface area contributed by atoms with Gasteiger partial charge in [-0.2, -0.15) is 0 Å². The number of ketones is 1. The molecule has 2 aromatic carbocycles.